The van der Waals surface area contributed by atoms with Crippen LogP contribution < -0.4 is 5.32 Å². The van der Waals surface area contributed by atoms with Crippen molar-refractivity contribution in [1.29, 1.82) is 0 Å². The predicted octanol–water partition coefficient (Wildman–Crippen LogP) is -2.90. The molecule has 0 aliphatic carbocycles. The molecule has 1 amide bonds. The minimum Gasteiger partial charge on any atom is -0.394 e. The van der Waals surface area contributed by atoms with Crippen LogP contribution in [0.5, 0.6) is 0 Å². The maximum absolute atomic E-state index is 11.7. The molecule has 7 N–H and O–H groups in total. The number of benzene rings is 1. The van der Waals surface area contributed by atoms with Crippen LogP contribution in [0.3, 0.4) is 0 Å². The van der Waals surface area contributed by atoms with Crippen LogP contribution in [0.2, 0.25) is 0 Å². The topological polar surface area (TPSA) is 150 Å². The molecule has 0 saturated carbocycles. The molecule has 1 aromatic carbocycles. The Labute approximate surface area is 127 Å². The molecule has 0 spiro atoms. The molecular formula is C14H21NO7. The molecule has 0 aliphatic heterocycles. The standard InChI is InChI=1S/C14H21NO7/c16-7-9(17)10(18)11(19)12(20)13(21)14(22)15-6-8-4-2-1-3-5-8/h1-5,9-13,16-21H,6-7H2,(H,15,22)/t9-,10-,11-,12-,13-/m1/s1. The molecule has 8 nitrogen and oxygen atoms in total. The van der Waals surface area contributed by atoms with Gasteiger partial charge in [-0.25, -0.2) is 0 Å². The van der Waals surface area contributed by atoms with Crippen molar-refractivity contribution in [2.24, 2.45) is 0 Å². The van der Waals surface area contributed by atoms with Gasteiger partial charge in [0.2, 0.25) is 0 Å². The van der Waals surface area contributed by atoms with Crippen molar-refractivity contribution in [2.75, 3.05) is 6.61 Å². The van der Waals surface area contributed by atoms with E-state index in [1.807, 2.05) is 0 Å². The number of carbonyl (C=O) groups excluding carboxylic acids is 1. The zero-order valence-electron chi connectivity index (χ0n) is 11.8. The first kappa shape index (κ1) is 18.5. The monoisotopic (exact) mass is 315 g/mol. The van der Waals surface area contributed by atoms with Gasteiger partial charge in [0.25, 0.3) is 5.91 Å². The van der Waals surface area contributed by atoms with Crippen LogP contribution in [-0.2, 0) is 11.3 Å². The Bertz CT molecular complexity index is 456. The van der Waals surface area contributed by atoms with Crippen LogP contribution >= 0.6 is 0 Å². The van der Waals surface area contributed by atoms with Gasteiger partial charge in [0.15, 0.2) is 6.10 Å². The SMILES string of the molecule is O=C(NCc1ccccc1)[C@H](O)[C@H](O)[C@H](O)[C@H](O)[C@H](O)CO. The third-order valence-electron chi connectivity index (χ3n) is 3.18. The zero-order valence-corrected chi connectivity index (χ0v) is 11.8. The molecule has 8 heteroatoms. The van der Waals surface area contributed by atoms with Crippen LogP contribution in [0.15, 0.2) is 30.3 Å². The van der Waals surface area contributed by atoms with Gasteiger partial charge in [0, 0.05) is 6.54 Å². The van der Waals surface area contributed by atoms with E-state index in [2.05, 4.69) is 5.32 Å². The maximum atomic E-state index is 11.7. The first-order chi connectivity index (χ1) is 10.4. The fraction of sp³-hybridized carbons (Fsp3) is 0.500. The summed E-state index contributed by atoms with van der Waals surface area (Å²) in [6.07, 6.45) is -9.63. The van der Waals surface area contributed by atoms with Gasteiger partial charge in [0.1, 0.15) is 24.4 Å². The summed E-state index contributed by atoms with van der Waals surface area (Å²) in [5, 5.41) is 58.5. The Kier molecular flexibility index (Phi) is 7.39. The van der Waals surface area contributed by atoms with Gasteiger partial charge in [-0.2, -0.15) is 0 Å². The molecule has 22 heavy (non-hydrogen) atoms. The summed E-state index contributed by atoms with van der Waals surface area (Å²) >= 11 is 0. The number of amides is 1. The molecule has 0 aromatic heterocycles. The normalized spacial score (nSPS) is 18.1. The molecule has 124 valence electrons. The lowest BCUT2D eigenvalue weighted by Crippen LogP contribution is -2.53. The number of hydrogen-bond acceptors (Lipinski definition) is 7. The fourth-order valence-corrected chi connectivity index (χ4v) is 1.77. The average Bonchev–Trinajstić information content (AvgIpc) is 2.56. The molecule has 0 radical (unpaired) electrons. The molecule has 0 aliphatic rings. The Morgan fingerprint density at radius 2 is 1.55 bits per heavy atom. The van der Waals surface area contributed by atoms with Crippen molar-refractivity contribution in [3.05, 3.63) is 35.9 Å². The second-order valence-electron chi connectivity index (χ2n) is 4.87. The van der Waals surface area contributed by atoms with E-state index in [1.54, 1.807) is 30.3 Å². The van der Waals surface area contributed by atoms with Crippen LogP contribution in [-0.4, -0.2) is 73.7 Å². The molecule has 5 atom stereocenters. The van der Waals surface area contributed by atoms with Crippen molar-refractivity contribution in [3.63, 3.8) is 0 Å². The maximum Gasteiger partial charge on any atom is 0.251 e. The van der Waals surface area contributed by atoms with E-state index in [9.17, 15) is 25.2 Å². The van der Waals surface area contributed by atoms with E-state index >= 15 is 0 Å². The minimum absolute atomic E-state index is 0.112. The van der Waals surface area contributed by atoms with Crippen LogP contribution in [0, 0.1) is 0 Å². The van der Waals surface area contributed by atoms with E-state index in [1.165, 1.54) is 0 Å². The van der Waals surface area contributed by atoms with Crippen LogP contribution in [0.1, 0.15) is 5.56 Å². The second kappa shape index (κ2) is 8.79. The summed E-state index contributed by atoms with van der Waals surface area (Å²) in [5.41, 5.74) is 0.772. The van der Waals surface area contributed by atoms with Crippen molar-refractivity contribution in [1.82, 2.24) is 5.32 Å². The van der Waals surface area contributed by atoms with E-state index in [0.29, 0.717) is 0 Å². The summed E-state index contributed by atoms with van der Waals surface area (Å²) in [7, 11) is 0. The van der Waals surface area contributed by atoms with Crippen molar-refractivity contribution >= 4 is 5.91 Å². The van der Waals surface area contributed by atoms with E-state index in [-0.39, 0.29) is 6.54 Å². The number of rotatable bonds is 8. The molecule has 0 fully saturated rings. The quantitative estimate of drug-likeness (QED) is 0.272. The lowest BCUT2D eigenvalue weighted by Gasteiger charge is -2.27. The lowest BCUT2D eigenvalue weighted by molar-refractivity contribution is -0.157. The predicted molar refractivity (Wildman–Crippen MR) is 75.4 cm³/mol. The number of aliphatic hydroxyl groups excluding tert-OH is 6. The Morgan fingerprint density at radius 1 is 0.955 bits per heavy atom. The van der Waals surface area contributed by atoms with Gasteiger partial charge < -0.3 is 36.0 Å². The smallest absolute Gasteiger partial charge is 0.251 e. The Morgan fingerprint density at radius 3 is 2.09 bits per heavy atom. The largest absolute Gasteiger partial charge is 0.394 e. The number of carbonyl (C=O) groups is 1. The van der Waals surface area contributed by atoms with Crippen molar-refractivity contribution in [2.45, 2.75) is 37.1 Å². The molecule has 0 heterocycles. The highest BCUT2D eigenvalue weighted by Gasteiger charge is 2.36. The number of aliphatic hydroxyl groups is 6. The Hall–Kier alpha value is -1.55. The summed E-state index contributed by atoms with van der Waals surface area (Å²) in [5.74, 6) is -0.943. The van der Waals surface area contributed by atoms with Gasteiger partial charge in [-0.3, -0.25) is 4.79 Å². The summed E-state index contributed by atoms with van der Waals surface area (Å²) in [6, 6.07) is 8.83. The van der Waals surface area contributed by atoms with Gasteiger partial charge in [-0.05, 0) is 5.56 Å². The average molecular weight is 315 g/mol. The first-order valence-corrected chi connectivity index (χ1v) is 6.71. The molecule has 0 saturated heterocycles. The number of nitrogens with one attached hydrogen (secondary N) is 1. The van der Waals surface area contributed by atoms with Crippen molar-refractivity contribution in [3.8, 4) is 0 Å². The molecular weight excluding hydrogens is 294 g/mol. The van der Waals surface area contributed by atoms with Gasteiger partial charge in [-0.15, -0.1) is 0 Å². The molecule has 0 bridgehead atoms. The van der Waals surface area contributed by atoms with Crippen LogP contribution in [0.4, 0.5) is 0 Å². The third kappa shape index (κ3) is 5.02. The fourth-order valence-electron chi connectivity index (χ4n) is 1.77. The van der Waals surface area contributed by atoms with E-state index in [4.69, 9.17) is 10.2 Å². The zero-order chi connectivity index (χ0) is 16.7. The molecule has 0 unspecified atom stereocenters. The second-order valence-corrected chi connectivity index (χ2v) is 4.87. The summed E-state index contributed by atoms with van der Waals surface area (Å²) < 4.78 is 0. The molecule has 1 aromatic rings. The third-order valence-corrected chi connectivity index (χ3v) is 3.18. The highest BCUT2D eigenvalue weighted by molar-refractivity contribution is 5.81. The van der Waals surface area contributed by atoms with Crippen molar-refractivity contribution < 1.29 is 35.4 Å². The van der Waals surface area contributed by atoms with Gasteiger partial charge in [0.05, 0.1) is 6.61 Å². The first-order valence-electron chi connectivity index (χ1n) is 6.71. The Balaban J connectivity index is 2.54. The summed E-state index contributed by atoms with van der Waals surface area (Å²) in [6.45, 7) is -0.734. The number of hydrogen-bond donors (Lipinski definition) is 7. The molecule has 1 rings (SSSR count). The highest BCUT2D eigenvalue weighted by atomic mass is 16.4. The van der Waals surface area contributed by atoms with E-state index < -0.39 is 43.0 Å². The van der Waals surface area contributed by atoms with Gasteiger partial charge in [-0.1, -0.05) is 30.3 Å². The van der Waals surface area contributed by atoms with E-state index in [0.717, 1.165) is 5.56 Å². The lowest BCUT2D eigenvalue weighted by atomic mass is 9.99. The highest BCUT2D eigenvalue weighted by Crippen LogP contribution is 2.09. The summed E-state index contributed by atoms with van der Waals surface area (Å²) in [4.78, 5) is 11.7. The van der Waals surface area contributed by atoms with Gasteiger partial charge >= 0.3 is 0 Å². The minimum atomic E-state index is -2.02. The van der Waals surface area contributed by atoms with Crippen LogP contribution in [0.25, 0.3) is 0 Å².